The van der Waals surface area contributed by atoms with Gasteiger partial charge in [-0.1, -0.05) is 164 Å². The zero-order valence-electron chi connectivity index (χ0n) is 30.3. The van der Waals surface area contributed by atoms with Crippen LogP contribution < -0.4 is 0 Å². The van der Waals surface area contributed by atoms with E-state index >= 15 is 0 Å². The van der Waals surface area contributed by atoms with Crippen LogP contribution in [0.4, 0.5) is 0 Å². The minimum atomic E-state index is 0.574. The highest BCUT2D eigenvalue weighted by Gasteiger charge is 2.21. The molecule has 0 unspecified atom stereocenters. The highest BCUT2D eigenvalue weighted by molar-refractivity contribution is 6.18. The Kier molecular flexibility index (Phi) is 7.42. The molecule has 0 spiro atoms. The third kappa shape index (κ3) is 5.21. The normalized spacial score (nSPS) is 11.6. The van der Waals surface area contributed by atoms with Crippen LogP contribution in [-0.2, 0) is 0 Å². The summed E-state index contributed by atoms with van der Waals surface area (Å²) in [6, 6.07) is 70.3. The van der Waals surface area contributed by atoms with E-state index in [-0.39, 0.29) is 0 Å². The van der Waals surface area contributed by atoms with E-state index in [9.17, 15) is 0 Å². The maximum Gasteiger partial charge on any atom is 0.238 e. The van der Waals surface area contributed by atoms with Crippen LogP contribution in [0.3, 0.4) is 0 Å². The highest BCUT2D eigenvalue weighted by Crippen LogP contribution is 2.40. The van der Waals surface area contributed by atoms with Gasteiger partial charge >= 0.3 is 0 Å². The van der Waals surface area contributed by atoms with E-state index in [4.69, 9.17) is 15.0 Å². The van der Waals surface area contributed by atoms with Gasteiger partial charge in [-0.2, -0.15) is 9.97 Å². The van der Waals surface area contributed by atoms with Crippen LogP contribution in [0.5, 0.6) is 0 Å². The summed E-state index contributed by atoms with van der Waals surface area (Å²) < 4.78 is 4.58. The van der Waals surface area contributed by atoms with Crippen molar-refractivity contribution in [3.63, 3.8) is 0 Å². The summed E-state index contributed by atoms with van der Waals surface area (Å²) in [5.41, 5.74) is 12.1. The van der Waals surface area contributed by atoms with Crippen molar-refractivity contribution in [1.82, 2.24) is 24.1 Å². The van der Waals surface area contributed by atoms with Crippen LogP contribution in [0.15, 0.2) is 200 Å². The number of hydrogen-bond acceptors (Lipinski definition) is 3. The van der Waals surface area contributed by atoms with Gasteiger partial charge in [-0.25, -0.2) is 4.98 Å². The summed E-state index contributed by atoms with van der Waals surface area (Å²) in [5, 5.41) is 4.64. The minimum absolute atomic E-state index is 0.574. The fourth-order valence-electron chi connectivity index (χ4n) is 8.21. The van der Waals surface area contributed by atoms with Gasteiger partial charge in [0, 0.05) is 38.4 Å². The quantitative estimate of drug-likeness (QED) is 0.172. The van der Waals surface area contributed by atoms with Gasteiger partial charge in [-0.15, -0.1) is 0 Å². The van der Waals surface area contributed by atoms with Gasteiger partial charge < -0.3 is 4.57 Å². The molecule has 11 aromatic rings. The maximum absolute atomic E-state index is 5.27. The average Bonchev–Trinajstić information content (AvgIpc) is 3.78. The van der Waals surface area contributed by atoms with Crippen LogP contribution in [0.1, 0.15) is 0 Å². The molecule has 8 aromatic carbocycles. The fourth-order valence-corrected chi connectivity index (χ4v) is 8.21. The van der Waals surface area contributed by atoms with Gasteiger partial charge in [-0.05, 0) is 58.7 Å². The van der Waals surface area contributed by atoms with Gasteiger partial charge in [-0.3, -0.25) is 4.57 Å². The van der Waals surface area contributed by atoms with Gasteiger partial charge in [0.2, 0.25) is 5.95 Å². The lowest BCUT2D eigenvalue weighted by Crippen LogP contribution is -2.06. The molecule has 11 rings (SSSR count). The van der Waals surface area contributed by atoms with Crippen molar-refractivity contribution in [2.24, 2.45) is 0 Å². The molecule has 0 fully saturated rings. The first kappa shape index (κ1) is 31.9. The molecule has 0 N–H and O–H groups in total. The first-order chi connectivity index (χ1) is 27.8. The number of nitrogens with zero attached hydrogens (tertiary/aromatic N) is 5. The Morgan fingerprint density at radius 1 is 0.286 bits per heavy atom. The van der Waals surface area contributed by atoms with Crippen molar-refractivity contribution in [3.05, 3.63) is 200 Å². The minimum Gasteiger partial charge on any atom is -0.309 e. The summed E-state index contributed by atoms with van der Waals surface area (Å²) in [4.78, 5) is 15.6. The first-order valence-corrected chi connectivity index (χ1v) is 18.9. The molecular weight excluding hydrogens is 683 g/mol. The maximum atomic E-state index is 5.27. The van der Waals surface area contributed by atoms with Crippen molar-refractivity contribution in [2.45, 2.75) is 0 Å². The summed E-state index contributed by atoms with van der Waals surface area (Å²) in [6.07, 6.45) is 0. The van der Waals surface area contributed by atoms with E-state index in [2.05, 4.69) is 191 Å². The zero-order chi connectivity index (χ0) is 37.0. The molecular formula is C51H33N5. The van der Waals surface area contributed by atoms with Crippen LogP contribution in [0.2, 0.25) is 0 Å². The monoisotopic (exact) mass is 715 g/mol. The van der Waals surface area contributed by atoms with E-state index < -0.39 is 0 Å². The van der Waals surface area contributed by atoms with Crippen molar-refractivity contribution >= 4 is 43.6 Å². The standard InChI is InChI=1S/C51H33N5/c1-4-16-34(17-5-1)39-22-10-11-23-40(39)35-28-30-37(31-29-35)50-52-49(36-18-6-2-7-19-36)53-51(54-50)56-46-27-15-13-25-42(46)44-32-47-43(33-48(44)56)41-24-12-14-26-45(41)55(47)38-20-8-3-9-21-38/h1-33H. The third-order valence-corrected chi connectivity index (χ3v) is 10.8. The lowest BCUT2D eigenvalue weighted by molar-refractivity contribution is 0.954. The average molecular weight is 716 g/mol. The van der Waals surface area contributed by atoms with Crippen molar-refractivity contribution in [3.8, 4) is 56.7 Å². The largest absolute Gasteiger partial charge is 0.309 e. The van der Waals surface area contributed by atoms with E-state index in [1.165, 1.54) is 33.0 Å². The number of hydrogen-bond donors (Lipinski definition) is 0. The highest BCUT2D eigenvalue weighted by atomic mass is 15.2. The molecule has 0 saturated heterocycles. The van der Waals surface area contributed by atoms with E-state index in [0.717, 1.165) is 49.7 Å². The Bertz CT molecular complexity index is 3220. The van der Waals surface area contributed by atoms with Gasteiger partial charge in [0.05, 0.1) is 22.1 Å². The third-order valence-electron chi connectivity index (χ3n) is 10.8. The molecule has 0 aliphatic rings. The molecule has 5 heteroatoms. The lowest BCUT2D eigenvalue weighted by Gasteiger charge is -2.12. The molecule has 3 heterocycles. The molecule has 0 atom stereocenters. The summed E-state index contributed by atoms with van der Waals surface area (Å²) in [7, 11) is 0. The molecule has 0 radical (unpaired) electrons. The first-order valence-electron chi connectivity index (χ1n) is 18.9. The van der Waals surface area contributed by atoms with Crippen molar-refractivity contribution in [1.29, 1.82) is 0 Å². The van der Waals surface area contributed by atoms with Gasteiger partial charge in [0.1, 0.15) is 0 Å². The fraction of sp³-hybridized carbons (Fsp3) is 0. The summed E-state index contributed by atoms with van der Waals surface area (Å²) >= 11 is 0. The molecule has 0 saturated carbocycles. The van der Waals surface area contributed by atoms with E-state index in [1.807, 2.05) is 18.2 Å². The Balaban J connectivity index is 1.13. The second kappa shape index (κ2) is 13.0. The Morgan fingerprint density at radius 2 is 0.696 bits per heavy atom. The molecule has 0 aliphatic heterocycles. The Hall–Kier alpha value is -7.63. The van der Waals surface area contributed by atoms with Crippen LogP contribution in [0, 0.1) is 0 Å². The number of rotatable bonds is 6. The van der Waals surface area contributed by atoms with Crippen LogP contribution in [-0.4, -0.2) is 24.1 Å². The zero-order valence-corrected chi connectivity index (χ0v) is 30.3. The number of fused-ring (bicyclic) bond motifs is 6. The smallest absolute Gasteiger partial charge is 0.238 e. The second-order valence-electron chi connectivity index (χ2n) is 14.1. The molecule has 0 bridgehead atoms. The van der Waals surface area contributed by atoms with E-state index in [1.54, 1.807) is 0 Å². The molecule has 0 aliphatic carbocycles. The molecule has 5 nitrogen and oxygen atoms in total. The molecule has 56 heavy (non-hydrogen) atoms. The molecule has 262 valence electrons. The summed E-state index contributed by atoms with van der Waals surface area (Å²) in [6.45, 7) is 0. The van der Waals surface area contributed by atoms with Crippen LogP contribution in [0.25, 0.3) is 100 Å². The summed E-state index contributed by atoms with van der Waals surface area (Å²) in [5.74, 6) is 1.81. The second-order valence-corrected chi connectivity index (χ2v) is 14.1. The van der Waals surface area contributed by atoms with E-state index in [0.29, 0.717) is 17.6 Å². The van der Waals surface area contributed by atoms with Gasteiger partial charge in [0.15, 0.2) is 11.6 Å². The number of aromatic nitrogens is 5. The predicted molar refractivity (Wildman–Crippen MR) is 230 cm³/mol. The Morgan fingerprint density at radius 3 is 1.29 bits per heavy atom. The predicted octanol–water partition coefficient (Wildman–Crippen LogP) is 12.7. The van der Waals surface area contributed by atoms with Gasteiger partial charge in [0.25, 0.3) is 0 Å². The molecule has 0 amide bonds. The number of para-hydroxylation sites is 3. The Labute approximate surface area is 323 Å². The topological polar surface area (TPSA) is 48.5 Å². The van der Waals surface area contributed by atoms with Crippen molar-refractivity contribution < 1.29 is 0 Å². The number of benzene rings is 8. The SMILES string of the molecule is c1ccc(-c2nc(-c3ccc(-c4ccccc4-c4ccccc4)cc3)nc(-n3c4ccccc4c4cc5c(cc43)c3ccccc3n5-c3ccccc3)n2)cc1. The lowest BCUT2D eigenvalue weighted by atomic mass is 9.94. The van der Waals surface area contributed by atoms with Crippen molar-refractivity contribution in [2.75, 3.05) is 0 Å². The molecule has 3 aromatic heterocycles. The van der Waals surface area contributed by atoms with Crippen LogP contribution >= 0.6 is 0 Å².